The van der Waals surface area contributed by atoms with Crippen LogP contribution < -0.4 is 5.32 Å². The first-order chi connectivity index (χ1) is 9.66. The van der Waals surface area contributed by atoms with E-state index in [4.69, 9.17) is 5.11 Å². The molecule has 0 aliphatic carbocycles. The monoisotopic (exact) mass is 274 g/mol. The molecule has 1 saturated heterocycles. The fourth-order valence-corrected chi connectivity index (χ4v) is 3.24. The number of benzene rings is 1. The molecule has 20 heavy (non-hydrogen) atoms. The number of hydrogen-bond acceptors (Lipinski definition) is 3. The van der Waals surface area contributed by atoms with Crippen LogP contribution in [0.3, 0.4) is 0 Å². The Bertz CT molecular complexity index is 544. The van der Waals surface area contributed by atoms with Crippen molar-refractivity contribution in [3.05, 3.63) is 29.8 Å². The summed E-state index contributed by atoms with van der Waals surface area (Å²) in [6.07, 6.45) is 1.73. The molecule has 2 aliphatic heterocycles. The number of hydrogen-bond donors (Lipinski definition) is 2. The number of carbonyl (C=O) groups is 2. The van der Waals surface area contributed by atoms with Gasteiger partial charge in [-0.25, -0.2) is 0 Å². The van der Waals surface area contributed by atoms with Gasteiger partial charge in [-0.1, -0.05) is 18.2 Å². The van der Waals surface area contributed by atoms with Gasteiger partial charge in [0.05, 0.1) is 12.3 Å². The van der Waals surface area contributed by atoms with Crippen LogP contribution in [-0.4, -0.2) is 41.0 Å². The fraction of sp³-hybridized carbons (Fsp3) is 0.467. The van der Waals surface area contributed by atoms with Crippen molar-refractivity contribution in [2.75, 3.05) is 18.4 Å². The molecule has 0 saturated carbocycles. The fourth-order valence-electron chi connectivity index (χ4n) is 3.24. The van der Waals surface area contributed by atoms with E-state index >= 15 is 0 Å². The highest BCUT2D eigenvalue weighted by atomic mass is 16.4. The maximum atomic E-state index is 12.7. The van der Waals surface area contributed by atoms with Crippen LogP contribution in [0, 0.1) is 0 Å². The molecule has 2 aliphatic rings. The highest BCUT2D eigenvalue weighted by Crippen LogP contribution is 2.34. The van der Waals surface area contributed by atoms with Gasteiger partial charge in [0.15, 0.2) is 0 Å². The second kappa shape index (κ2) is 5.15. The SMILES string of the molecule is O=C(O)CC1CCCN1C(=O)C1CNc2ccccc21. The van der Waals surface area contributed by atoms with E-state index in [0.29, 0.717) is 13.1 Å². The van der Waals surface area contributed by atoms with E-state index in [1.54, 1.807) is 4.90 Å². The molecule has 0 spiro atoms. The van der Waals surface area contributed by atoms with Crippen LogP contribution in [0.2, 0.25) is 0 Å². The minimum atomic E-state index is -0.834. The maximum Gasteiger partial charge on any atom is 0.305 e. The zero-order valence-electron chi connectivity index (χ0n) is 11.2. The summed E-state index contributed by atoms with van der Waals surface area (Å²) in [5, 5.41) is 12.2. The molecule has 2 N–H and O–H groups in total. The van der Waals surface area contributed by atoms with Crippen molar-refractivity contribution in [3.8, 4) is 0 Å². The average molecular weight is 274 g/mol. The van der Waals surface area contributed by atoms with E-state index in [0.717, 1.165) is 24.1 Å². The summed E-state index contributed by atoms with van der Waals surface area (Å²) in [6.45, 7) is 1.28. The van der Waals surface area contributed by atoms with Crippen molar-refractivity contribution < 1.29 is 14.7 Å². The predicted octanol–water partition coefficient (Wildman–Crippen LogP) is 1.66. The minimum absolute atomic E-state index is 0.0491. The van der Waals surface area contributed by atoms with Crippen molar-refractivity contribution in [3.63, 3.8) is 0 Å². The molecule has 2 unspecified atom stereocenters. The van der Waals surface area contributed by atoms with Gasteiger partial charge < -0.3 is 15.3 Å². The first-order valence-electron chi connectivity index (χ1n) is 7.02. The van der Waals surface area contributed by atoms with Crippen LogP contribution >= 0.6 is 0 Å². The molecule has 2 atom stereocenters. The van der Waals surface area contributed by atoms with Gasteiger partial charge in [0.25, 0.3) is 0 Å². The number of para-hydroxylation sites is 1. The van der Waals surface area contributed by atoms with Crippen molar-refractivity contribution in [2.45, 2.75) is 31.2 Å². The van der Waals surface area contributed by atoms with Crippen molar-refractivity contribution in [1.29, 1.82) is 0 Å². The van der Waals surface area contributed by atoms with Gasteiger partial charge in [-0.15, -0.1) is 0 Å². The number of nitrogens with zero attached hydrogens (tertiary/aromatic N) is 1. The Morgan fingerprint density at radius 1 is 1.35 bits per heavy atom. The van der Waals surface area contributed by atoms with Crippen molar-refractivity contribution in [2.24, 2.45) is 0 Å². The summed E-state index contributed by atoms with van der Waals surface area (Å²) in [7, 11) is 0. The lowest BCUT2D eigenvalue weighted by Crippen LogP contribution is -2.40. The third-order valence-electron chi connectivity index (χ3n) is 4.20. The number of likely N-dealkylation sites (tertiary alicyclic amines) is 1. The Hall–Kier alpha value is -2.04. The van der Waals surface area contributed by atoms with E-state index in [1.165, 1.54) is 0 Å². The molecule has 0 aromatic heterocycles. The van der Waals surface area contributed by atoms with E-state index in [2.05, 4.69) is 5.32 Å². The molecule has 1 aromatic carbocycles. The third kappa shape index (κ3) is 2.24. The number of nitrogens with one attached hydrogen (secondary N) is 1. The van der Waals surface area contributed by atoms with Crippen LogP contribution in [0.4, 0.5) is 5.69 Å². The number of anilines is 1. The van der Waals surface area contributed by atoms with Crippen LogP contribution in [0.15, 0.2) is 24.3 Å². The Labute approximate surface area is 117 Å². The number of rotatable bonds is 3. The molecular weight excluding hydrogens is 256 g/mol. The Morgan fingerprint density at radius 3 is 2.95 bits per heavy atom. The van der Waals surface area contributed by atoms with Gasteiger partial charge in [0.1, 0.15) is 0 Å². The molecule has 0 radical (unpaired) electrons. The Morgan fingerprint density at radius 2 is 2.15 bits per heavy atom. The number of carboxylic acid groups (broad SMARTS) is 1. The largest absolute Gasteiger partial charge is 0.481 e. The van der Waals surface area contributed by atoms with Gasteiger partial charge in [-0.2, -0.15) is 0 Å². The average Bonchev–Trinajstić information content (AvgIpc) is 3.03. The molecule has 5 heteroatoms. The zero-order chi connectivity index (χ0) is 14.1. The summed E-state index contributed by atoms with van der Waals surface area (Å²) in [5.74, 6) is -0.952. The molecule has 2 heterocycles. The molecule has 1 aromatic rings. The lowest BCUT2D eigenvalue weighted by atomic mass is 9.99. The zero-order valence-corrected chi connectivity index (χ0v) is 11.2. The first kappa shape index (κ1) is 13.0. The predicted molar refractivity (Wildman–Crippen MR) is 74.7 cm³/mol. The second-order valence-electron chi connectivity index (χ2n) is 5.45. The molecule has 0 bridgehead atoms. The van der Waals surface area contributed by atoms with E-state index in [-0.39, 0.29) is 24.3 Å². The number of amides is 1. The molecular formula is C15H18N2O3. The van der Waals surface area contributed by atoms with Gasteiger partial charge in [-0.05, 0) is 24.5 Å². The molecule has 3 rings (SSSR count). The lowest BCUT2D eigenvalue weighted by Gasteiger charge is -2.26. The minimum Gasteiger partial charge on any atom is -0.481 e. The lowest BCUT2D eigenvalue weighted by molar-refractivity contribution is -0.140. The number of carboxylic acids is 1. The van der Waals surface area contributed by atoms with Crippen molar-refractivity contribution in [1.82, 2.24) is 4.90 Å². The van der Waals surface area contributed by atoms with Crippen molar-refractivity contribution >= 4 is 17.6 Å². The summed E-state index contributed by atoms with van der Waals surface area (Å²) in [5.41, 5.74) is 2.04. The van der Waals surface area contributed by atoms with Gasteiger partial charge in [0.2, 0.25) is 5.91 Å². The molecule has 1 amide bonds. The van der Waals surface area contributed by atoms with Crippen LogP contribution in [0.25, 0.3) is 0 Å². The quantitative estimate of drug-likeness (QED) is 0.879. The third-order valence-corrected chi connectivity index (χ3v) is 4.20. The molecule has 106 valence electrons. The maximum absolute atomic E-state index is 12.7. The number of aliphatic carboxylic acids is 1. The van der Waals surface area contributed by atoms with Crippen LogP contribution in [-0.2, 0) is 9.59 Å². The molecule has 5 nitrogen and oxygen atoms in total. The summed E-state index contributed by atoms with van der Waals surface area (Å²) < 4.78 is 0. The van der Waals surface area contributed by atoms with E-state index in [9.17, 15) is 9.59 Å². The Kier molecular flexibility index (Phi) is 3.34. The van der Waals surface area contributed by atoms with Gasteiger partial charge in [0, 0.05) is 24.8 Å². The number of carbonyl (C=O) groups excluding carboxylic acids is 1. The standard InChI is InChI=1S/C15H18N2O3/c18-14(19)8-10-4-3-7-17(10)15(20)12-9-16-13-6-2-1-5-11(12)13/h1-2,5-6,10,12,16H,3-4,7-9H2,(H,18,19). The van der Waals surface area contributed by atoms with Crippen LogP contribution in [0.5, 0.6) is 0 Å². The normalized spacial score (nSPS) is 24.3. The first-order valence-corrected chi connectivity index (χ1v) is 7.02. The second-order valence-corrected chi connectivity index (χ2v) is 5.45. The smallest absolute Gasteiger partial charge is 0.305 e. The van der Waals surface area contributed by atoms with E-state index in [1.807, 2.05) is 24.3 Å². The highest BCUT2D eigenvalue weighted by Gasteiger charge is 2.37. The summed E-state index contributed by atoms with van der Waals surface area (Å²) >= 11 is 0. The summed E-state index contributed by atoms with van der Waals surface area (Å²) in [4.78, 5) is 25.4. The van der Waals surface area contributed by atoms with Gasteiger partial charge in [-0.3, -0.25) is 9.59 Å². The number of fused-ring (bicyclic) bond motifs is 1. The highest BCUT2D eigenvalue weighted by molar-refractivity contribution is 5.89. The van der Waals surface area contributed by atoms with Crippen LogP contribution in [0.1, 0.15) is 30.7 Å². The Balaban J connectivity index is 1.78. The topological polar surface area (TPSA) is 69.6 Å². The summed E-state index contributed by atoms with van der Waals surface area (Å²) in [6, 6.07) is 7.68. The van der Waals surface area contributed by atoms with Gasteiger partial charge >= 0.3 is 5.97 Å². The molecule has 1 fully saturated rings. The van der Waals surface area contributed by atoms with E-state index < -0.39 is 5.97 Å².